The van der Waals surface area contributed by atoms with Crippen molar-refractivity contribution in [3.05, 3.63) is 102 Å². The number of carbonyl (C=O) groups excluding carboxylic acids is 5. The maximum absolute atomic E-state index is 14.2. The molecular weight excluding hydrogens is 950 g/mol. The number of methoxy groups -OCH3 is 1. The maximum Gasteiger partial charge on any atom is 0.257 e. The number of aromatic nitrogens is 3. The number of piperazine rings is 2. The van der Waals surface area contributed by atoms with Crippen molar-refractivity contribution in [1.29, 1.82) is 0 Å². The lowest BCUT2D eigenvalue weighted by atomic mass is 10.0. The molecule has 348 valence electrons. The molecule has 5 amide bonds. The number of nitrogens with zero attached hydrogens (tertiary/aromatic N) is 7. The molecule has 3 aliphatic rings. The van der Waals surface area contributed by atoms with Crippen molar-refractivity contribution in [2.45, 2.75) is 57.4 Å². The molecule has 5 aromatic rings. The molecule has 5 heterocycles. The third-order valence-electron chi connectivity index (χ3n) is 11.7. The lowest BCUT2D eigenvalue weighted by Crippen LogP contribution is -2.56. The molecule has 0 spiro atoms. The molecule has 0 unspecified atom stereocenters. The summed E-state index contributed by atoms with van der Waals surface area (Å²) < 4.78 is 7.33. The summed E-state index contributed by atoms with van der Waals surface area (Å²) in [7, 11) is 1.55. The number of benzene rings is 2. The van der Waals surface area contributed by atoms with E-state index < -0.39 is 0 Å². The Morgan fingerprint density at radius 1 is 0.821 bits per heavy atom. The maximum atomic E-state index is 14.2. The fourth-order valence-corrected chi connectivity index (χ4v) is 12.0. The summed E-state index contributed by atoms with van der Waals surface area (Å²) in [6.45, 7) is 13.9. The van der Waals surface area contributed by atoms with Crippen LogP contribution in [0.4, 0.5) is 16.1 Å². The Labute approximate surface area is 410 Å². The van der Waals surface area contributed by atoms with Crippen molar-refractivity contribution >= 4 is 103 Å². The van der Waals surface area contributed by atoms with Crippen molar-refractivity contribution in [2.24, 2.45) is 5.92 Å². The monoisotopic (exact) mass is 997 g/mol. The van der Waals surface area contributed by atoms with Crippen LogP contribution < -0.4 is 15.4 Å². The van der Waals surface area contributed by atoms with Crippen LogP contribution >= 0.6 is 57.8 Å². The molecular formula is C47H48ClN9O6S4. The summed E-state index contributed by atoms with van der Waals surface area (Å²) in [6, 6.07) is 10.9. The second-order valence-corrected chi connectivity index (χ2v) is 21.2. The van der Waals surface area contributed by atoms with Gasteiger partial charge in [0.25, 0.3) is 11.8 Å². The molecule has 67 heavy (non-hydrogen) atoms. The summed E-state index contributed by atoms with van der Waals surface area (Å²) in [5.41, 5.74) is 3.24. The van der Waals surface area contributed by atoms with E-state index in [0.29, 0.717) is 85.2 Å². The highest BCUT2D eigenvalue weighted by molar-refractivity contribution is 8.01. The molecule has 3 fully saturated rings. The zero-order chi connectivity index (χ0) is 47.4. The third-order valence-corrected chi connectivity index (χ3v) is 16.2. The highest BCUT2D eigenvalue weighted by Crippen LogP contribution is 2.44. The second kappa shape index (κ2) is 21.1. The van der Waals surface area contributed by atoms with E-state index in [4.69, 9.17) is 16.3 Å². The minimum atomic E-state index is -0.233. The van der Waals surface area contributed by atoms with Crippen molar-refractivity contribution < 1.29 is 28.7 Å². The van der Waals surface area contributed by atoms with Gasteiger partial charge in [-0.1, -0.05) is 77.9 Å². The predicted molar refractivity (Wildman–Crippen MR) is 264 cm³/mol. The second-order valence-electron chi connectivity index (χ2n) is 16.0. The Balaban J connectivity index is 1.02. The molecule has 3 aromatic heterocycles. The predicted octanol–water partition coefficient (Wildman–Crippen LogP) is 8.75. The Kier molecular flexibility index (Phi) is 15.0. The number of anilines is 3. The van der Waals surface area contributed by atoms with Crippen LogP contribution in [0.1, 0.15) is 52.5 Å². The SMILES string of the molecule is C=CC(=O)N1CCN(C(=O)c2cc(Sc3cnc(Nc4cc(-c5cc(Cl)c(C(=O)N6CCN(C(=O)C=C)[C@H](CC)C6)cc5Sc5cnc(NC(=O)C6CC6)s5)ccn4)s3)c(C)cc2OC)CC1. The average molecular weight is 999 g/mol. The van der Waals surface area contributed by atoms with Gasteiger partial charge < -0.3 is 35.0 Å². The van der Waals surface area contributed by atoms with Gasteiger partial charge in [0.15, 0.2) is 10.3 Å². The number of aryl methyl sites for hydroxylation is 1. The smallest absolute Gasteiger partial charge is 0.257 e. The molecule has 2 saturated heterocycles. The quantitative estimate of drug-likeness (QED) is 0.0958. The van der Waals surface area contributed by atoms with Gasteiger partial charge in [-0.2, -0.15) is 0 Å². The summed E-state index contributed by atoms with van der Waals surface area (Å²) in [5, 5.41) is 7.65. The van der Waals surface area contributed by atoms with E-state index in [2.05, 4.69) is 38.7 Å². The zero-order valence-electron chi connectivity index (χ0n) is 37.1. The van der Waals surface area contributed by atoms with Gasteiger partial charge in [-0.3, -0.25) is 24.0 Å². The minimum absolute atomic E-state index is 0.0308. The van der Waals surface area contributed by atoms with Crippen LogP contribution in [0.25, 0.3) is 11.1 Å². The van der Waals surface area contributed by atoms with Gasteiger partial charge in [0, 0.05) is 73.8 Å². The highest BCUT2D eigenvalue weighted by Gasteiger charge is 2.33. The number of rotatable bonds is 15. The highest BCUT2D eigenvalue weighted by atomic mass is 35.5. The average Bonchev–Trinajstić information content (AvgIpc) is 3.98. The van der Waals surface area contributed by atoms with Crippen LogP contribution in [0.2, 0.25) is 5.02 Å². The number of pyridine rings is 1. The topological polar surface area (TPSA) is 170 Å². The zero-order valence-corrected chi connectivity index (χ0v) is 41.1. The summed E-state index contributed by atoms with van der Waals surface area (Å²) in [4.78, 5) is 87.4. The summed E-state index contributed by atoms with van der Waals surface area (Å²) >= 11 is 12.7. The third kappa shape index (κ3) is 11.0. The Morgan fingerprint density at radius 3 is 2.15 bits per heavy atom. The van der Waals surface area contributed by atoms with Gasteiger partial charge in [-0.15, -0.1) is 0 Å². The number of amides is 5. The first-order valence-electron chi connectivity index (χ1n) is 21.6. The molecule has 2 aromatic carbocycles. The van der Waals surface area contributed by atoms with Gasteiger partial charge in [0.05, 0.1) is 44.1 Å². The molecule has 1 saturated carbocycles. The molecule has 20 heteroatoms. The van der Waals surface area contributed by atoms with Crippen molar-refractivity contribution in [2.75, 3.05) is 63.6 Å². The van der Waals surface area contributed by atoms with E-state index in [-0.39, 0.29) is 46.5 Å². The van der Waals surface area contributed by atoms with Gasteiger partial charge in [-0.05, 0) is 91.4 Å². The van der Waals surface area contributed by atoms with Crippen LogP contribution in [-0.2, 0) is 14.4 Å². The number of ether oxygens (including phenoxy) is 1. The first-order valence-corrected chi connectivity index (χ1v) is 25.3. The van der Waals surface area contributed by atoms with Crippen molar-refractivity contribution in [1.82, 2.24) is 34.6 Å². The van der Waals surface area contributed by atoms with Gasteiger partial charge in [0.1, 0.15) is 11.6 Å². The van der Waals surface area contributed by atoms with Gasteiger partial charge in [0.2, 0.25) is 17.7 Å². The van der Waals surface area contributed by atoms with Gasteiger partial charge in [-0.25, -0.2) is 15.0 Å². The van der Waals surface area contributed by atoms with Crippen LogP contribution in [0.5, 0.6) is 5.75 Å². The fraction of sp³-hybridized carbons (Fsp3) is 0.319. The van der Waals surface area contributed by atoms with Crippen LogP contribution in [0.15, 0.2) is 98.5 Å². The Hall–Kier alpha value is -5.73. The van der Waals surface area contributed by atoms with Crippen molar-refractivity contribution in [3.8, 4) is 16.9 Å². The van der Waals surface area contributed by atoms with Crippen LogP contribution in [0, 0.1) is 12.8 Å². The number of hydrogen-bond acceptors (Lipinski definition) is 14. The first-order chi connectivity index (χ1) is 32.3. The number of halogens is 1. The summed E-state index contributed by atoms with van der Waals surface area (Å²) in [5.74, 6) is 0.306. The number of hydrogen-bond donors (Lipinski definition) is 2. The Bertz CT molecular complexity index is 2750. The number of nitrogens with one attached hydrogen (secondary N) is 2. The van der Waals surface area contributed by atoms with E-state index in [9.17, 15) is 24.0 Å². The van der Waals surface area contributed by atoms with E-state index in [1.165, 1.54) is 58.3 Å². The van der Waals surface area contributed by atoms with Crippen molar-refractivity contribution in [3.63, 3.8) is 0 Å². The molecule has 1 atom stereocenters. The Morgan fingerprint density at radius 2 is 1.46 bits per heavy atom. The fourth-order valence-electron chi connectivity index (χ4n) is 7.81. The lowest BCUT2D eigenvalue weighted by molar-refractivity contribution is -0.130. The molecule has 15 nitrogen and oxygen atoms in total. The normalized spacial score (nSPS) is 16.1. The summed E-state index contributed by atoms with van der Waals surface area (Å²) in [6.07, 6.45) is 10.2. The molecule has 1 aliphatic carbocycles. The first kappa shape index (κ1) is 47.8. The van der Waals surface area contributed by atoms with Crippen LogP contribution in [-0.4, -0.2) is 123 Å². The van der Waals surface area contributed by atoms with E-state index in [0.717, 1.165) is 47.7 Å². The van der Waals surface area contributed by atoms with E-state index in [1.54, 1.807) is 57.4 Å². The molecule has 8 rings (SSSR count). The largest absolute Gasteiger partial charge is 0.496 e. The standard InChI is InChI=1S/C47H48ClN9O6S4/c1-6-30-26-56(17-18-57(30)40(59)8-3)44(61)32-22-37(65-42-25-51-47(67-42)53-43(60)28-9-10-28)31(21-34(32)48)29-11-12-49-38(20-29)52-46-50-24-41(66-46)64-36-23-33(35(63-5)19-27(36)4)45(62)55-15-13-54(14-16-55)39(58)7-2/h7-8,11-12,19-25,28,30H,2-3,6,9-10,13-18,26H2,1,4-5H3,(H,49,50,52)(H,51,53,60)/t30-/m1/s1. The van der Waals surface area contributed by atoms with E-state index >= 15 is 0 Å². The molecule has 2 aliphatic heterocycles. The molecule has 2 N–H and O–H groups in total. The number of thiazole rings is 2. The minimum Gasteiger partial charge on any atom is -0.496 e. The van der Waals surface area contributed by atoms with Crippen LogP contribution in [0.3, 0.4) is 0 Å². The van der Waals surface area contributed by atoms with E-state index in [1.807, 2.05) is 38.1 Å². The lowest BCUT2D eigenvalue weighted by Gasteiger charge is -2.41. The molecule has 0 radical (unpaired) electrons. The molecule has 0 bridgehead atoms. The van der Waals surface area contributed by atoms with Gasteiger partial charge >= 0.3 is 0 Å². The number of carbonyl (C=O) groups is 5.